The van der Waals surface area contributed by atoms with Crippen molar-refractivity contribution in [2.75, 3.05) is 19.0 Å². The molecule has 4 nitrogen and oxygen atoms in total. The number of carbonyl (C=O) groups excluding carboxylic acids is 1. The van der Waals surface area contributed by atoms with E-state index in [1.807, 2.05) is 32.0 Å². The van der Waals surface area contributed by atoms with E-state index in [1.54, 1.807) is 18.2 Å². The van der Waals surface area contributed by atoms with Crippen LogP contribution in [0.4, 0.5) is 5.69 Å². The van der Waals surface area contributed by atoms with Gasteiger partial charge >= 0.3 is 0 Å². The van der Waals surface area contributed by atoms with Gasteiger partial charge in [0.2, 0.25) is 0 Å². The van der Waals surface area contributed by atoms with Crippen LogP contribution in [0, 0.1) is 13.8 Å². The summed E-state index contributed by atoms with van der Waals surface area (Å²) in [5, 5.41) is 3.25. The van der Waals surface area contributed by atoms with Crippen LogP contribution in [-0.4, -0.2) is 19.6 Å². The Labute approximate surface area is 135 Å². The molecule has 1 N–H and O–H groups in total. The first-order valence-corrected chi connectivity index (χ1v) is 7.20. The van der Waals surface area contributed by atoms with Crippen LogP contribution in [0.2, 0.25) is 5.02 Å². The Morgan fingerprint density at radius 3 is 2.45 bits per heavy atom. The molecule has 1 amide bonds. The first kappa shape index (κ1) is 16.2. The maximum absolute atomic E-state index is 12.0. The molecule has 0 unspecified atom stereocenters. The number of hydrogen-bond acceptors (Lipinski definition) is 3. The molecule has 0 saturated heterocycles. The molecule has 0 aliphatic carbocycles. The molecular formula is C17H18ClNO3. The summed E-state index contributed by atoms with van der Waals surface area (Å²) in [5.74, 6) is 0.939. The van der Waals surface area contributed by atoms with Crippen LogP contribution in [0.3, 0.4) is 0 Å². The number of anilines is 1. The van der Waals surface area contributed by atoms with Crippen molar-refractivity contribution in [3.05, 3.63) is 52.5 Å². The van der Waals surface area contributed by atoms with Crippen LogP contribution in [0.15, 0.2) is 36.4 Å². The molecule has 0 bridgehead atoms. The molecule has 0 fully saturated rings. The second kappa shape index (κ2) is 7.18. The second-order valence-corrected chi connectivity index (χ2v) is 5.44. The van der Waals surface area contributed by atoms with Crippen LogP contribution in [-0.2, 0) is 4.79 Å². The molecule has 0 radical (unpaired) electrons. The third kappa shape index (κ3) is 4.40. The topological polar surface area (TPSA) is 47.6 Å². The molecule has 0 heterocycles. The first-order valence-electron chi connectivity index (χ1n) is 6.82. The van der Waals surface area contributed by atoms with Crippen molar-refractivity contribution in [2.45, 2.75) is 13.8 Å². The highest BCUT2D eigenvalue weighted by atomic mass is 35.5. The Hall–Kier alpha value is -2.20. The number of ether oxygens (including phenoxy) is 2. The summed E-state index contributed by atoms with van der Waals surface area (Å²) in [7, 11) is 1.53. The minimum absolute atomic E-state index is 0.0848. The zero-order valence-corrected chi connectivity index (χ0v) is 13.5. The quantitative estimate of drug-likeness (QED) is 0.906. The first-order chi connectivity index (χ1) is 10.5. The lowest BCUT2D eigenvalue weighted by atomic mass is 10.1. The minimum Gasteiger partial charge on any atom is -0.495 e. The van der Waals surface area contributed by atoms with Crippen molar-refractivity contribution in [2.24, 2.45) is 0 Å². The number of hydrogen-bond donors (Lipinski definition) is 1. The van der Waals surface area contributed by atoms with Gasteiger partial charge in [-0.2, -0.15) is 0 Å². The molecule has 2 aromatic carbocycles. The molecule has 5 heteroatoms. The predicted molar refractivity (Wildman–Crippen MR) is 88.0 cm³/mol. The third-order valence-corrected chi connectivity index (χ3v) is 3.24. The highest BCUT2D eigenvalue weighted by Gasteiger charge is 2.09. The van der Waals surface area contributed by atoms with Crippen LogP contribution >= 0.6 is 11.6 Å². The standard InChI is InChI=1S/C17H18ClNO3/c1-11-6-12(2)8-14(7-11)22-10-17(20)19-15-9-13(18)4-5-16(15)21-3/h4-9H,10H2,1-3H3,(H,19,20). The molecule has 0 aromatic heterocycles. The smallest absolute Gasteiger partial charge is 0.262 e. The van der Waals surface area contributed by atoms with Crippen molar-refractivity contribution in [1.29, 1.82) is 0 Å². The van der Waals surface area contributed by atoms with E-state index < -0.39 is 0 Å². The fraction of sp³-hybridized carbons (Fsp3) is 0.235. The lowest BCUT2D eigenvalue weighted by Gasteiger charge is -2.12. The summed E-state index contributed by atoms with van der Waals surface area (Å²) in [5.41, 5.74) is 2.70. The van der Waals surface area contributed by atoms with Crippen LogP contribution < -0.4 is 14.8 Å². The highest BCUT2D eigenvalue weighted by molar-refractivity contribution is 6.31. The highest BCUT2D eigenvalue weighted by Crippen LogP contribution is 2.27. The van der Waals surface area contributed by atoms with Gasteiger partial charge in [-0.3, -0.25) is 4.79 Å². The summed E-state index contributed by atoms with van der Waals surface area (Å²) in [6.07, 6.45) is 0. The van der Waals surface area contributed by atoms with E-state index in [0.717, 1.165) is 11.1 Å². The number of nitrogens with one attached hydrogen (secondary N) is 1. The lowest BCUT2D eigenvalue weighted by Crippen LogP contribution is -2.20. The SMILES string of the molecule is COc1ccc(Cl)cc1NC(=O)COc1cc(C)cc(C)c1. The van der Waals surface area contributed by atoms with Crippen LogP contribution in [0.1, 0.15) is 11.1 Å². The molecule has 116 valence electrons. The lowest BCUT2D eigenvalue weighted by molar-refractivity contribution is -0.118. The molecule has 2 rings (SSSR count). The maximum Gasteiger partial charge on any atom is 0.262 e. The Morgan fingerprint density at radius 2 is 1.82 bits per heavy atom. The van der Waals surface area contributed by atoms with Gasteiger partial charge in [0.25, 0.3) is 5.91 Å². The van der Waals surface area contributed by atoms with Gasteiger partial charge in [-0.15, -0.1) is 0 Å². The average Bonchev–Trinajstić information content (AvgIpc) is 2.44. The van der Waals surface area contributed by atoms with E-state index in [0.29, 0.717) is 22.2 Å². The summed E-state index contributed by atoms with van der Waals surface area (Å²) in [6, 6.07) is 10.9. The zero-order valence-electron chi connectivity index (χ0n) is 12.8. The Morgan fingerprint density at radius 1 is 1.14 bits per heavy atom. The van der Waals surface area contributed by atoms with Gasteiger partial charge in [-0.1, -0.05) is 17.7 Å². The van der Waals surface area contributed by atoms with E-state index in [-0.39, 0.29) is 12.5 Å². The van der Waals surface area contributed by atoms with Gasteiger partial charge in [0.1, 0.15) is 11.5 Å². The Balaban J connectivity index is 2.00. The molecule has 0 spiro atoms. The van der Waals surface area contributed by atoms with Gasteiger partial charge < -0.3 is 14.8 Å². The number of aryl methyl sites for hydroxylation is 2. The zero-order chi connectivity index (χ0) is 16.1. The van der Waals surface area contributed by atoms with Crippen molar-refractivity contribution >= 4 is 23.2 Å². The maximum atomic E-state index is 12.0. The second-order valence-electron chi connectivity index (χ2n) is 5.00. The van der Waals surface area contributed by atoms with Gasteiger partial charge in [0.05, 0.1) is 12.8 Å². The summed E-state index contributed by atoms with van der Waals surface area (Å²) >= 11 is 5.93. The number of halogens is 1. The monoisotopic (exact) mass is 319 g/mol. The van der Waals surface area contributed by atoms with Crippen molar-refractivity contribution in [3.8, 4) is 11.5 Å². The van der Waals surface area contributed by atoms with Crippen LogP contribution in [0.25, 0.3) is 0 Å². The largest absolute Gasteiger partial charge is 0.495 e. The normalized spacial score (nSPS) is 10.2. The Bertz CT molecular complexity index is 665. The number of methoxy groups -OCH3 is 1. The van der Waals surface area contributed by atoms with E-state index in [4.69, 9.17) is 21.1 Å². The predicted octanol–water partition coefficient (Wildman–Crippen LogP) is 3.98. The number of rotatable bonds is 5. The van der Waals surface area contributed by atoms with E-state index in [9.17, 15) is 4.79 Å². The number of amides is 1. The van der Waals surface area contributed by atoms with Gasteiger partial charge in [0.15, 0.2) is 6.61 Å². The summed E-state index contributed by atoms with van der Waals surface area (Å²) in [6.45, 7) is 3.88. The van der Waals surface area contributed by atoms with Crippen molar-refractivity contribution < 1.29 is 14.3 Å². The molecule has 22 heavy (non-hydrogen) atoms. The van der Waals surface area contributed by atoms with Gasteiger partial charge in [-0.05, 0) is 55.3 Å². The van der Waals surface area contributed by atoms with E-state index >= 15 is 0 Å². The molecule has 0 aliphatic rings. The van der Waals surface area contributed by atoms with Crippen molar-refractivity contribution in [1.82, 2.24) is 0 Å². The van der Waals surface area contributed by atoms with E-state index in [1.165, 1.54) is 7.11 Å². The molecule has 0 aliphatic heterocycles. The fourth-order valence-corrected chi connectivity index (χ4v) is 2.30. The minimum atomic E-state index is -0.278. The molecular weight excluding hydrogens is 302 g/mol. The average molecular weight is 320 g/mol. The molecule has 2 aromatic rings. The Kier molecular flexibility index (Phi) is 5.28. The number of carbonyl (C=O) groups is 1. The van der Waals surface area contributed by atoms with E-state index in [2.05, 4.69) is 5.32 Å². The fourth-order valence-electron chi connectivity index (χ4n) is 2.13. The van der Waals surface area contributed by atoms with Gasteiger partial charge in [0, 0.05) is 5.02 Å². The van der Waals surface area contributed by atoms with Gasteiger partial charge in [-0.25, -0.2) is 0 Å². The summed E-state index contributed by atoms with van der Waals surface area (Å²) < 4.78 is 10.7. The molecule has 0 atom stereocenters. The third-order valence-electron chi connectivity index (χ3n) is 3.00. The van der Waals surface area contributed by atoms with Crippen LogP contribution in [0.5, 0.6) is 11.5 Å². The summed E-state index contributed by atoms with van der Waals surface area (Å²) in [4.78, 5) is 12.0. The molecule has 0 saturated carbocycles. The number of benzene rings is 2. The van der Waals surface area contributed by atoms with Crippen molar-refractivity contribution in [3.63, 3.8) is 0 Å².